The zero-order valence-corrected chi connectivity index (χ0v) is 30.9. The minimum Gasteiger partial charge on any atom is -0.456 e. The normalized spacial score (nSPS) is 14.6. The highest BCUT2D eigenvalue weighted by Gasteiger charge is 2.37. The van der Waals surface area contributed by atoms with Crippen LogP contribution in [0.25, 0.3) is 66.1 Å². The molecule has 0 spiro atoms. The molecule has 2 aliphatic rings. The van der Waals surface area contributed by atoms with Gasteiger partial charge in [0.05, 0.1) is 0 Å². The summed E-state index contributed by atoms with van der Waals surface area (Å²) in [6.07, 6.45) is 0. The van der Waals surface area contributed by atoms with Crippen molar-refractivity contribution in [3.05, 3.63) is 186 Å². The molecule has 1 heterocycles. The molecule has 0 unspecified atom stereocenters. The maximum atomic E-state index is 6.24. The van der Waals surface area contributed by atoms with Crippen LogP contribution in [0.1, 0.15) is 49.9 Å². The standard InChI is InChI=1S/C52H39NO/c1-51(2)44-17-8-5-12-38(44)42-30-34(24-27-46(42)51)53(35-25-28-47-43(31-35)39-13-6-9-18-45(39)52(47,3)4)33-22-20-32(21-23-33)36-15-11-16-40-37(36)26-29-49-50(40)41-14-7-10-19-48(41)54-49/h5-31H,1-4H3. The van der Waals surface area contributed by atoms with E-state index in [9.17, 15) is 0 Å². The first-order chi connectivity index (χ1) is 26.3. The zero-order chi connectivity index (χ0) is 36.3. The predicted molar refractivity (Wildman–Crippen MR) is 226 cm³/mol. The fourth-order valence-corrected chi connectivity index (χ4v) is 9.76. The summed E-state index contributed by atoms with van der Waals surface area (Å²) in [5, 5.41) is 4.77. The van der Waals surface area contributed by atoms with Gasteiger partial charge in [-0.05, 0) is 115 Å². The van der Waals surface area contributed by atoms with Crippen LogP contribution < -0.4 is 4.90 Å². The Morgan fingerprint density at radius 3 is 1.54 bits per heavy atom. The number of anilines is 3. The Hall–Kier alpha value is -6.38. The number of hydrogen-bond donors (Lipinski definition) is 0. The highest BCUT2D eigenvalue weighted by molar-refractivity contribution is 6.21. The van der Waals surface area contributed by atoms with E-state index in [1.165, 1.54) is 71.8 Å². The summed E-state index contributed by atoms with van der Waals surface area (Å²) in [6, 6.07) is 60.4. The second kappa shape index (κ2) is 11.1. The lowest BCUT2D eigenvalue weighted by Gasteiger charge is -2.28. The molecule has 0 saturated carbocycles. The molecule has 0 bridgehead atoms. The molecule has 2 heteroatoms. The largest absolute Gasteiger partial charge is 0.456 e. The highest BCUT2D eigenvalue weighted by atomic mass is 16.3. The van der Waals surface area contributed by atoms with Crippen molar-refractivity contribution < 1.29 is 4.42 Å². The van der Waals surface area contributed by atoms with Crippen LogP contribution in [0, 0.1) is 0 Å². The summed E-state index contributed by atoms with van der Waals surface area (Å²) < 4.78 is 6.24. The van der Waals surface area contributed by atoms with E-state index < -0.39 is 0 Å². The van der Waals surface area contributed by atoms with Crippen molar-refractivity contribution in [2.24, 2.45) is 0 Å². The van der Waals surface area contributed by atoms with Gasteiger partial charge in [0.1, 0.15) is 11.2 Å². The molecule has 0 radical (unpaired) electrons. The average molecular weight is 694 g/mol. The number of nitrogens with zero attached hydrogens (tertiary/aromatic N) is 1. The molecule has 0 atom stereocenters. The second-order valence-corrected chi connectivity index (χ2v) is 16.1. The summed E-state index contributed by atoms with van der Waals surface area (Å²) in [5.41, 5.74) is 18.4. The lowest BCUT2D eigenvalue weighted by atomic mass is 9.82. The number of fused-ring (bicyclic) bond motifs is 11. The van der Waals surface area contributed by atoms with E-state index in [0.717, 1.165) is 33.6 Å². The summed E-state index contributed by atoms with van der Waals surface area (Å²) in [7, 11) is 0. The Morgan fingerprint density at radius 2 is 0.889 bits per heavy atom. The number of rotatable bonds is 4. The van der Waals surface area contributed by atoms with Crippen LogP contribution in [0.4, 0.5) is 17.1 Å². The second-order valence-electron chi connectivity index (χ2n) is 16.1. The quantitative estimate of drug-likeness (QED) is 0.182. The molecule has 8 aromatic carbocycles. The Kier molecular flexibility index (Phi) is 6.39. The molecule has 0 saturated heterocycles. The van der Waals surface area contributed by atoms with Crippen LogP contribution >= 0.6 is 0 Å². The molecular weight excluding hydrogens is 655 g/mol. The van der Waals surface area contributed by atoms with Gasteiger partial charge in [0, 0.05) is 38.7 Å². The van der Waals surface area contributed by atoms with Crippen LogP contribution in [0.5, 0.6) is 0 Å². The Balaban J connectivity index is 1.08. The molecule has 0 amide bonds. The van der Waals surface area contributed by atoms with Crippen LogP contribution in [0.2, 0.25) is 0 Å². The van der Waals surface area contributed by atoms with Crippen molar-refractivity contribution in [3.8, 4) is 33.4 Å². The summed E-state index contributed by atoms with van der Waals surface area (Å²) >= 11 is 0. The third-order valence-corrected chi connectivity index (χ3v) is 12.5. The van der Waals surface area contributed by atoms with Crippen LogP contribution in [0.3, 0.4) is 0 Å². The average Bonchev–Trinajstić information content (AvgIpc) is 3.78. The van der Waals surface area contributed by atoms with Gasteiger partial charge in [-0.15, -0.1) is 0 Å². The number of para-hydroxylation sites is 1. The zero-order valence-electron chi connectivity index (χ0n) is 30.9. The number of benzene rings is 8. The SMILES string of the molecule is CC1(C)c2ccccc2-c2cc(N(c3ccc(-c4cccc5c4ccc4oc6ccccc6c45)cc3)c3ccc4c(c3)-c3ccccc3C4(C)C)ccc21. The summed E-state index contributed by atoms with van der Waals surface area (Å²) in [6.45, 7) is 9.39. The van der Waals surface area contributed by atoms with Gasteiger partial charge in [0.2, 0.25) is 0 Å². The monoisotopic (exact) mass is 693 g/mol. The van der Waals surface area contributed by atoms with Gasteiger partial charge in [0.15, 0.2) is 0 Å². The van der Waals surface area contributed by atoms with Crippen molar-refractivity contribution in [1.29, 1.82) is 0 Å². The summed E-state index contributed by atoms with van der Waals surface area (Å²) in [4.78, 5) is 2.44. The van der Waals surface area contributed by atoms with Gasteiger partial charge in [-0.25, -0.2) is 0 Å². The van der Waals surface area contributed by atoms with Crippen molar-refractivity contribution >= 4 is 49.8 Å². The topological polar surface area (TPSA) is 16.4 Å². The van der Waals surface area contributed by atoms with E-state index >= 15 is 0 Å². The van der Waals surface area contributed by atoms with E-state index in [1.807, 2.05) is 6.07 Å². The van der Waals surface area contributed by atoms with E-state index in [2.05, 4.69) is 190 Å². The molecule has 0 fully saturated rings. The van der Waals surface area contributed by atoms with Gasteiger partial charge in [-0.1, -0.05) is 143 Å². The van der Waals surface area contributed by atoms with E-state index in [1.54, 1.807) is 0 Å². The minimum absolute atomic E-state index is 0.0490. The van der Waals surface area contributed by atoms with Crippen molar-refractivity contribution in [3.63, 3.8) is 0 Å². The van der Waals surface area contributed by atoms with Gasteiger partial charge in [0.25, 0.3) is 0 Å². The molecule has 258 valence electrons. The van der Waals surface area contributed by atoms with E-state index in [0.29, 0.717) is 0 Å². The fraction of sp³-hybridized carbons (Fsp3) is 0.115. The highest BCUT2D eigenvalue weighted by Crippen LogP contribution is 2.53. The maximum Gasteiger partial charge on any atom is 0.136 e. The van der Waals surface area contributed by atoms with Gasteiger partial charge in [-0.3, -0.25) is 0 Å². The van der Waals surface area contributed by atoms with Gasteiger partial charge >= 0.3 is 0 Å². The molecule has 11 rings (SSSR count). The smallest absolute Gasteiger partial charge is 0.136 e. The molecule has 0 aliphatic heterocycles. The first-order valence-corrected chi connectivity index (χ1v) is 19.0. The van der Waals surface area contributed by atoms with Crippen molar-refractivity contribution in [1.82, 2.24) is 0 Å². The molecule has 0 N–H and O–H groups in total. The Labute approximate surface area is 315 Å². The van der Waals surface area contributed by atoms with E-state index in [4.69, 9.17) is 4.42 Å². The Morgan fingerprint density at radius 1 is 0.370 bits per heavy atom. The molecule has 54 heavy (non-hydrogen) atoms. The van der Waals surface area contributed by atoms with E-state index in [-0.39, 0.29) is 10.8 Å². The van der Waals surface area contributed by atoms with Crippen LogP contribution in [-0.4, -0.2) is 0 Å². The third kappa shape index (κ3) is 4.28. The first-order valence-electron chi connectivity index (χ1n) is 19.0. The Bertz CT molecular complexity index is 2890. The maximum absolute atomic E-state index is 6.24. The first kappa shape index (κ1) is 31.2. The van der Waals surface area contributed by atoms with Gasteiger partial charge < -0.3 is 9.32 Å². The third-order valence-electron chi connectivity index (χ3n) is 12.5. The molecule has 2 aliphatic carbocycles. The number of hydrogen-bond acceptors (Lipinski definition) is 2. The molecule has 1 aromatic heterocycles. The van der Waals surface area contributed by atoms with Gasteiger partial charge in [-0.2, -0.15) is 0 Å². The summed E-state index contributed by atoms with van der Waals surface area (Å²) in [5.74, 6) is 0. The lowest BCUT2D eigenvalue weighted by Crippen LogP contribution is -2.16. The van der Waals surface area contributed by atoms with Crippen molar-refractivity contribution in [2.75, 3.05) is 4.90 Å². The minimum atomic E-state index is -0.0490. The molecular formula is C52H39NO. The van der Waals surface area contributed by atoms with Crippen LogP contribution in [-0.2, 0) is 10.8 Å². The molecule has 2 nitrogen and oxygen atoms in total. The van der Waals surface area contributed by atoms with Crippen molar-refractivity contribution in [2.45, 2.75) is 38.5 Å². The lowest BCUT2D eigenvalue weighted by molar-refractivity contribution is 0.660. The molecule has 9 aromatic rings. The fourth-order valence-electron chi connectivity index (χ4n) is 9.76. The van der Waals surface area contributed by atoms with Crippen LogP contribution in [0.15, 0.2) is 168 Å². The number of furan rings is 1. The predicted octanol–water partition coefficient (Wildman–Crippen LogP) is 14.5.